The topological polar surface area (TPSA) is 71.6 Å². The zero-order valence-electron chi connectivity index (χ0n) is 17.3. The minimum atomic E-state index is -0.598. The zero-order chi connectivity index (χ0) is 20.8. The first-order valence-corrected chi connectivity index (χ1v) is 9.78. The molecule has 0 amide bonds. The highest BCUT2D eigenvalue weighted by molar-refractivity contribution is 6.03. The lowest BCUT2D eigenvalue weighted by Crippen LogP contribution is -2.45. The summed E-state index contributed by atoms with van der Waals surface area (Å²) in [6, 6.07) is 7.97. The number of hydrogen-bond acceptors (Lipinski definition) is 8. The third kappa shape index (κ3) is 5.14. The summed E-state index contributed by atoms with van der Waals surface area (Å²) >= 11 is 0. The molecule has 2 aliphatic rings. The van der Waals surface area contributed by atoms with Gasteiger partial charge in [0.15, 0.2) is 0 Å². The van der Waals surface area contributed by atoms with Crippen molar-refractivity contribution in [3.05, 3.63) is 41.1 Å². The average Bonchev–Trinajstić information content (AvgIpc) is 2.77. The second-order valence-corrected chi connectivity index (χ2v) is 7.28. The van der Waals surface area contributed by atoms with Crippen molar-refractivity contribution in [2.75, 3.05) is 72.2 Å². The lowest BCUT2D eigenvalue weighted by molar-refractivity contribution is -0.140. The molecule has 1 aromatic rings. The van der Waals surface area contributed by atoms with Crippen LogP contribution in [-0.4, -0.2) is 89.1 Å². The van der Waals surface area contributed by atoms with Gasteiger partial charge in [-0.2, -0.15) is 0 Å². The number of methoxy groups -OCH3 is 2. The quantitative estimate of drug-likeness (QED) is 0.648. The van der Waals surface area contributed by atoms with Crippen LogP contribution in [0.15, 0.2) is 35.5 Å². The van der Waals surface area contributed by atoms with Gasteiger partial charge in [-0.15, -0.1) is 0 Å². The minimum absolute atomic E-state index is 0.0106. The number of piperazine rings is 1. The molecule has 0 atom stereocenters. The Morgan fingerprint density at radius 1 is 1.00 bits per heavy atom. The number of ether oxygens (including phenoxy) is 3. The Bertz CT molecular complexity index is 754. The van der Waals surface area contributed by atoms with Crippen molar-refractivity contribution in [3.63, 3.8) is 0 Å². The van der Waals surface area contributed by atoms with Crippen molar-refractivity contribution in [2.45, 2.75) is 6.42 Å². The first kappa shape index (κ1) is 21.3. The number of carbonyl (C=O) groups excluding carboxylic acids is 2. The second-order valence-electron chi connectivity index (χ2n) is 7.28. The summed E-state index contributed by atoms with van der Waals surface area (Å²) in [6.45, 7) is 5.62. The summed E-state index contributed by atoms with van der Waals surface area (Å²) in [5.74, 6) is -1.19. The van der Waals surface area contributed by atoms with E-state index in [1.54, 1.807) is 4.90 Å². The normalized spacial score (nSPS) is 18.7. The Kier molecular flexibility index (Phi) is 7.24. The van der Waals surface area contributed by atoms with Crippen molar-refractivity contribution in [1.29, 1.82) is 0 Å². The van der Waals surface area contributed by atoms with Crippen LogP contribution in [0.3, 0.4) is 0 Å². The fourth-order valence-electron chi connectivity index (χ4n) is 3.55. The van der Waals surface area contributed by atoms with Crippen molar-refractivity contribution < 1.29 is 23.8 Å². The van der Waals surface area contributed by atoms with Gasteiger partial charge in [0.2, 0.25) is 0 Å². The van der Waals surface area contributed by atoms with E-state index in [9.17, 15) is 9.59 Å². The molecule has 8 heteroatoms. The molecule has 0 unspecified atom stereocenters. The summed E-state index contributed by atoms with van der Waals surface area (Å²) in [6.07, 6.45) is 0.966. The molecule has 0 bridgehead atoms. The molecule has 0 aliphatic carbocycles. The van der Waals surface area contributed by atoms with Crippen LogP contribution in [0.25, 0.3) is 0 Å². The molecule has 0 aromatic heterocycles. The number of likely N-dealkylation sites (N-methyl/N-ethyl adjacent to an activating group) is 1. The van der Waals surface area contributed by atoms with E-state index in [1.807, 2.05) is 24.3 Å². The maximum absolute atomic E-state index is 12.4. The maximum atomic E-state index is 12.4. The largest absolute Gasteiger partial charge is 0.466 e. The van der Waals surface area contributed by atoms with Gasteiger partial charge in [-0.3, -0.25) is 0 Å². The third-order valence-corrected chi connectivity index (χ3v) is 5.39. The first-order chi connectivity index (χ1) is 14.0. The van der Waals surface area contributed by atoms with Gasteiger partial charge in [-0.05, 0) is 31.2 Å². The van der Waals surface area contributed by atoms with Crippen LogP contribution in [0.5, 0.6) is 0 Å². The van der Waals surface area contributed by atoms with E-state index < -0.39 is 11.9 Å². The lowest BCUT2D eigenvalue weighted by Gasteiger charge is -2.32. The number of esters is 2. The van der Waals surface area contributed by atoms with Gasteiger partial charge < -0.3 is 28.9 Å². The molecule has 158 valence electrons. The number of benzene rings is 1. The number of nitrogens with zero attached hydrogens (tertiary/aromatic N) is 3. The van der Waals surface area contributed by atoms with Gasteiger partial charge in [0.25, 0.3) is 0 Å². The van der Waals surface area contributed by atoms with E-state index in [0.29, 0.717) is 0 Å². The van der Waals surface area contributed by atoms with Gasteiger partial charge in [0, 0.05) is 38.4 Å². The van der Waals surface area contributed by atoms with Crippen LogP contribution >= 0.6 is 0 Å². The zero-order valence-corrected chi connectivity index (χ0v) is 17.3. The number of carbonyl (C=O) groups is 2. The Hall–Kier alpha value is -2.42. The second kappa shape index (κ2) is 9.87. The van der Waals surface area contributed by atoms with E-state index in [-0.39, 0.29) is 24.6 Å². The molecular weight excluding hydrogens is 374 g/mol. The Balaban J connectivity index is 1.72. The summed E-state index contributed by atoms with van der Waals surface area (Å²) < 4.78 is 15.2. The van der Waals surface area contributed by atoms with E-state index in [4.69, 9.17) is 14.2 Å². The lowest BCUT2D eigenvalue weighted by atomic mass is 10.1. The molecule has 3 rings (SSSR count). The average molecular weight is 403 g/mol. The van der Waals surface area contributed by atoms with Crippen LogP contribution in [-0.2, 0) is 30.2 Å². The summed E-state index contributed by atoms with van der Waals surface area (Å²) in [5, 5.41) is 0. The van der Waals surface area contributed by atoms with Gasteiger partial charge >= 0.3 is 11.9 Å². The molecule has 1 saturated heterocycles. The first-order valence-electron chi connectivity index (χ1n) is 9.78. The Labute approximate surface area is 171 Å². The number of rotatable bonds is 6. The van der Waals surface area contributed by atoms with E-state index in [1.165, 1.54) is 19.8 Å². The molecule has 2 aliphatic heterocycles. The van der Waals surface area contributed by atoms with Crippen LogP contribution in [0, 0.1) is 0 Å². The van der Waals surface area contributed by atoms with Crippen LogP contribution in [0.1, 0.15) is 5.56 Å². The standard InChI is InChI=1S/C21H29N3O5/c1-22-10-12-23(13-11-22)9-8-16-4-6-17(7-5-16)24-15-29-14-18(20(25)27-2)19(24)21(26)28-3/h4-7H,8-15H2,1-3H3. The highest BCUT2D eigenvalue weighted by atomic mass is 16.5. The SMILES string of the molecule is COC(=O)C1=C(C(=O)OC)N(c2ccc(CCN3CCN(C)CC3)cc2)COC1. The van der Waals surface area contributed by atoms with Crippen LogP contribution < -0.4 is 4.90 Å². The number of hydrogen-bond donors (Lipinski definition) is 0. The Morgan fingerprint density at radius 3 is 2.28 bits per heavy atom. The summed E-state index contributed by atoms with van der Waals surface area (Å²) in [4.78, 5) is 30.9. The molecule has 2 heterocycles. The molecule has 0 spiro atoms. The smallest absolute Gasteiger partial charge is 0.355 e. The monoisotopic (exact) mass is 403 g/mol. The highest BCUT2D eigenvalue weighted by Gasteiger charge is 2.32. The third-order valence-electron chi connectivity index (χ3n) is 5.39. The molecular formula is C21H29N3O5. The molecule has 0 N–H and O–H groups in total. The van der Waals surface area contributed by atoms with E-state index in [2.05, 4.69) is 16.8 Å². The molecule has 0 saturated carbocycles. The highest BCUT2D eigenvalue weighted by Crippen LogP contribution is 2.27. The predicted molar refractivity (Wildman–Crippen MR) is 108 cm³/mol. The van der Waals surface area contributed by atoms with E-state index in [0.717, 1.165) is 44.8 Å². The minimum Gasteiger partial charge on any atom is -0.466 e. The van der Waals surface area contributed by atoms with Gasteiger partial charge in [-0.25, -0.2) is 9.59 Å². The van der Waals surface area contributed by atoms with Gasteiger partial charge in [0.05, 0.1) is 26.4 Å². The molecule has 1 fully saturated rings. The molecule has 8 nitrogen and oxygen atoms in total. The van der Waals surface area contributed by atoms with Crippen molar-refractivity contribution >= 4 is 17.6 Å². The summed E-state index contributed by atoms with van der Waals surface area (Å²) in [7, 11) is 4.72. The van der Waals surface area contributed by atoms with Gasteiger partial charge in [0.1, 0.15) is 12.4 Å². The van der Waals surface area contributed by atoms with Crippen molar-refractivity contribution in [3.8, 4) is 0 Å². The van der Waals surface area contributed by atoms with Crippen molar-refractivity contribution in [2.24, 2.45) is 0 Å². The molecule has 0 radical (unpaired) electrons. The fourth-order valence-corrected chi connectivity index (χ4v) is 3.55. The maximum Gasteiger partial charge on any atom is 0.355 e. The van der Waals surface area contributed by atoms with Gasteiger partial charge in [-0.1, -0.05) is 12.1 Å². The summed E-state index contributed by atoms with van der Waals surface area (Å²) in [5.41, 5.74) is 2.30. The van der Waals surface area contributed by atoms with Crippen molar-refractivity contribution in [1.82, 2.24) is 9.80 Å². The van der Waals surface area contributed by atoms with E-state index >= 15 is 0 Å². The predicted octanol–water partition coefficient (Wildman–Crippen LogP) is 0.871. The Morgan fingerprint density at radius 2 is 1.66 bits per heavy atom. The molecule has 29 heavy (non-hydrogen) atoms. The fraction of sp³-hybridized carbons (Fsp3) is 0.524. The molecule has 1 aromatic carbocycles. The number of anilines is 1. The van der Waals surface area contributed by atoms with Crippen LogP contribution in [0.4, 0.5) is 5.69 Å². The van der Waals surface area contributed by atoms with Crippen LogP contribution in [0.2, 0.25) is 0 Å².